The highest BCUT2D eigenvalue weighted by Gasteiger charge is 2.39. The number of rotatable bonds is 12. The Morgan fingerprint density at radius 1 is 1.02 bits per heavy atom. The van der Waals surface area contributed by atoms with E-state index in [0.717, 1.165) is 58.4 Å². The summed E-state index contributed by atoms with van der Waals surface area (Å²) in [5, 5.41) is 34.1. The fourth-order valence-corrected chi connectivity index (χ4v) is 10.1. The van der Waals surface area contributed by atoms with Crippen molar-refractivity contribution in [2.75, 3.05) is 38.0 Å². The average Bonchev–Trinajstić information content (AvgIpc) is 3.63. The van der Waals surface area contributed by atoms with Crippen molar-refractivity contribution >= 4 is 60.9 Å². The molecule has 6 heterocycles. The summed E-state index contributed by atoms with van der Waals surface area (Å²) in [4.78, 5) is 26.4. The molecule has 0 bridgehead atoms. The van der Waals surface area contributed by atoms with Crippen LogP contribution in [0.15, 0.2) is 77.6 Å². The van der Waals surface area contributed by atoms with Gasteiger partial charge in [0.15, 0.2) is 11.4 Å². The molecular weight excluding hydrogens is 802 g/mol. The zero-order chi connectivity index (χ0) is 41.7. The Morgan fingerprint density at radius 3 is 2.58 bits per heavy atom. The van der Waals surface area contributed by atoms with Gasteiger partial charge in [-0.25, -0.2) is 13.4 Å². The van der Waals surface area contributed by atoms with Gasteiger partial charge in [0.2, 0.25) is 15.9 Å². The molecule has 3 aliphatic rings. The second-order valence-electron chi connectivity index (χ2n) is 16.1. The summed E-state index contributed by atoms with van der Waals surface area (Å²) in [6.07, 6.45) is 7.49. The van der Waals surface area contributed by atoms with Crippen molar-refractivity contribution in [1.29, 1.82) is 10.7 Å². The Labute approximate surface area is 352 Å². The van der Waals surface area contributed by atoms with Crippen molar-refractivity contribution in [3.8, 4) is 28.5 Å². The van der Waals surface area contributed by atoms with E-state index < -0.39 is 27.1 Å². The number of anilines is 2. The third-order valence-corrected chi connectivity index (χ3v) is 14.1. The number of hydrogen-bond acceptors (Lipinski definition) is 12. The Morgan fingerprint density at radius 2 is 1.80 bits per heavy atom. The molecule has 16 heteroatoms. The standard InChI is InChI=1S/C44H44ClN9O5S/c1-26-33(4-3-7-37(26)50-43-40-28(10-13-48-43)18-27(21-49-40)22-53-15-12-31(55)25-53)34-5-2-6-35(39(34)45)38-19-36-41(59-38)30(20-46)24-54(42(36)47)17-16-52-14-11-29(23-52)44(56)51-60(57,58)32-8-9-32/h2-7,10,13,18-19,21,24,29,31-32,47,55H,8-9,11-12,14-17,22-23,25H2,1H3,(H,48,50)(H,51,56)/t29-,31-/m1/s1. The van der Waals surface area contributed by atoms with Crippen LogP contribution in [-0.2, 0) is 27.9 Å². The lowest BCUT2D eigenvalue weighted by Crippen LogP contribution is -2.39. The molecule has 4 N–H and O–H groups in total. The number of nitrogens with one attached hydrogen (secondary N) is 3. The molecule has 14 nitrogen and oxygen atoms in total. The quantitative estimate of drug-likeness (QED) is 0.112. The number of pyridine rings is 3. The number of sulfonamides is 1. The summed E-state index contributed by atoms with van der Waals surface area (Å²) in [5.74, 6) is 0.169. The number of aliphatic hydroxyl groups excluding tert-OH is 1. The molecule has 2 aliphatic heterocycles. The lowest BCUT2D eigenvalue weighted by Gasteiger charge is -2.17. The van der Waals surface area contributed by atoms with Gasteiger partial charge in [0, 0.05) is 80.1 Å². The van der Waals surface area contributed by atoms with Crippen molar-refractivity contribution in [1.82, 2.24) is 29.1 Å². The number of halogens is 1. The summed E-state index contributed by atoms with van der Waals surface area (Å²) in [6, 6.07) is 19.7. The first-order valence-electron chi connectivity index (χ1n) is 20.1. The molecule has 6 aromatic rings. The van der Waals surface area contributed by atoms with Crippen LogP contribution in [0, 0.1) is 29.6 Å². The monoisotopic (exact) mass is 845 g/mol. The van der Waals surface area contributed by atoms with E-state index in [-0.39, 0.29) is 17.2 Å². The van der Waals surface area contributed by atoms with Crippen LogP contribution < -0.4 is 15.5 Å². The Bertz CT molecular complexity index is 2890. The Balaban J connectivity index is 0.935. The van der Waals surface area contributed by atoms with Crippen LogP contribution in [0.25, 0.3) is 44.3 Å². The molecule has 4 aromatic heterocycles. The topological polar surface area (TPSA) is 193 Å². The normalized spacial score (nSPS) is 18.6. The summed E-state index contributed by atoms with van der Waals surface area (Å²) in [6.45, 7) is 6.21. The minimum Gasteiger partial charge on any atom is -0.454 e. The summed E-state index contributed by atoms with van der Waals surface area (Å²) >= 11 is 7.20. The van der Waals surface area contributed by atoms with Crippen molar-refractivity contribution in [2.24, 2.45) is 5.92 Å². The van der Waals surface area contributed by atoms with Gasteiger partial charge in [-0.2, -0.15) is 5.26 Å². The van der Waals surface area contributed by atoms with Gasteiger partial charge in [0.1, 0.15) is 28.4 Å². The first-order chi connectivity index (χ1) is 28.9. The first-order valence-corrected chi connectivity index (χ1v) is 22.1. The lowest BCUT2D eigenvalue weighted by molar-refractivity contribution is -0.122. The second kappa shape index (κ2) is 16.1. The maximum absolute atomic E-state index is 12.7. The van der Waals surface area contributed by atoms with Gasteiger partial charge in [-0.15, -0.1) is 0 Å². The van der Waals surface area contributed by atoms with Gasteiger partial charge in [-0.3, -0.25) is 24.8 Å². The summed E-state index contributed by atoms with van der Waals surface area (Å²) < 4.78 is 34.8. The zero-order valence-electron chi connectivity index (χ0n) is 33.0. The first kappa shape index (κ1) is 39.8. The minimum absolute atomic E-state index is 0.170. The fourth-order valence-electron chi connectivity index (χ4n) is 8.39. The maximum atomic E-state index is 12.7. The molecule has 0 spiro atoms. The Kier molecular flexibility index (Phi) is 10.7. The van der Waals surface area contributed by atoms with Crippen LogP contribution in [0.2, 0.25) is 5.02 Å². The molecule has 1 aliphatic carbocycles. The molecule has 60 heavy (non-hydrogen) atoms. The number of fused-ring (bicyclic) bond motifs is 2. The van der Waals surface area contributed by atoms with Crippen LogP contribution >= 0.6 is 11.6 Å². The number of nitrogens with zero attached hydrogens (tertiary/aromatic N) is 6. The molecule has 1 amide bonds. The van der Waals surface area contributed by atoms with E-state index in [1.165, 1.54) is 0 Å². The van der Waals surface area contributed by atoms with Gasteiger partial charge in [0.25, 0.3) is 0 Å². The SMILES string of the molecule is Cc1c(Nc2nccc3cc(CN4CC[C@@H](O)C4)cnc23)cccc1-c1cccc(-c2cc3c(=N)n(CCN4CC[C@@H](C(=O)NS(=O)(=O)C5CC5)C4)cc(C#N)c3o2)c1Cl. The third kappa shape index (κ3) is 7.89. The predicted molar refractivity (Wildman–Crippen MR) is 229 cm³/mol. The molecule has 2 aromatic carbocycles. The number of benzene rings is 2. The Hall–Kier alpha value is -5.63. The van der Waals surface area contributed by atoms with Crippen LogP contribution in [0.1, 0.15) is 42.4 Å². The van der Waals surface area contributed by atoms with E-state index in [1.54, 1.807) is 23.0 Å². The molecule has 1 saturated carbocycles. The van der Waals surface area contributed by atoms with Crippen molar-refractivity contribution in [2.45, 2.75) is 57.1 Å². The van der Waals surface area contributed by atoms with Gasteiger partial charge >= 0.3 is 0 Å². The van der Waals surface area contributed by atoms with Crippen LogP contribution in [0.3, 0.4) is 0 Å². The molecular formula is C44H44ClN9O5S. The van der Waals surface area contributed by atoms with E-state index in [4.69, 9.17) is 26.4 Å². The van der Waals surface area contributed by atoms with E-state index in [0.29, 0.717) is 85.1 Å². The van der Waals surface area contributed by atoms with Gasteiger partial charge < -0.3 is 24.3 Å². The summed E-state index contributed by atoms with van der Waals surface area (Å²) in [5.41, 5.74) is 6.64. The number of β-amino-alcohol motifs (C(OH)–C–C–N with tert-alkyl or cyclic N) is 1. The molecule has 0 unspecified atom stereocenters. The highest BCUT2D eigenvalue weighted by atomic mass is 35.5. The van der Waals surface area contributed by atoms with E-state index >= 15 is 0 Å². The van der Waals surface area contributed by atoms with Crippen LogP contribution in [-0.4, -0.2) is 87.8 Å². The van der Waals surface area contributed by atoms with Crippen molar-refractivity contribution in [3.63, 3.8) is 0 Å². The number of likely N-dealkylation sites (tertiary alicyclic amines) is 2. The number of carbonyl (C=O) groups is 1. The molecule has 3 fully saturated rings. The van der Waals surface area contributed by atoms with Crippen LogP contribution in [0.4, 0.5) is 11.5 Å². The second-order valence-corrected chi connectivity index (χ2v) is 18.4. The van der Waals surface area contributed by atoms with Crippen molar-refractivity contribution < 1.29 is 22.7 Å². The number of furan rings is 1. The van der Waals surface area contributed by atoms with Gasteiger partial charge in [0.05, 0.1) is 27.7 Å². The van der Waals surface area contributed by atoms with Crippen molar-refractivity contribution in [3.05, 3.63) is 100 Å². The number of hydrogen-bond donors (Lipinski definition) is 4. The zero-order valence-corrected chi connectivity index (χ0v) is 34.6. The maximum Gasteiger partial charge on any atom is 0.237 e. The number of carbonyl (C=O) groups excluding carboxylic acids is 1. The molecule has 308 valence electrons. The highest BCUT2D eigenvalue weighted by Crippen LogP contribution is 2.41. The third-order valence-electron chi connectivity index (χ3n) is 11.9. The molecule has 0 radical (unpaired) electrons. The lowest BCUT2D eigenvalue weighted by atomic mass is 9.96. The van der Waals surface area contributed by atoms with E-state index in [1.807, 2.05) is 55.6 Å². The van der Waals surface area contributed by atoms with E-state index in [9.17, 15) is 23.6 Å². The fraction of sp³-hybridized carbons (Fsp3) is 0.341. The molecule has 9 rings (SSSR count). The number of amides is 1. The number of aliphatic hydroxyl groups is 1. The number of nitriles is 1. The largest absolute Gasteiger partial charge is 0.454 e. The number of aromatic nitrogens is 3. The predicted octanol–water partition coefficient (Wildman–Crippen LogP) is 6.06. The van der Waals surface area contributed by atoms with Crippen LogP contribution in [0.5, 0.6) is 0 Å². The van der Waals surface area contributed by atoms with Gasteiger partial charge in [-0.1, -0.05) is 35.9 Å². The molecule has 2 saturated heterocycles. The average molecular weight is 846 g/mol. The highest BCUT2D eigenvalue weighted by molar-refractivity contribution is 7.90. The minimum atomic E-state index is -3.60. The smallest absolute Gasteiger partial charge is 0.237 e. The molecule has 2 atom stereocenters. The summed E-state index contributed by atoms with van der Waals surface area (Å²) in [7, 11) is -3.60. The van der Waals surface area contributed by atoms with E-state index in [2.05, 4.69) is 37.0 Å². The van der Waals surface area contributed by atoms with Gasteiger partial charge in [-0.05, 0) is 86.2 Å².